The molecule has 0 bridgehead atoms. The lowest BCUT2D eigenvalue weighted by molar-refractivity contribution is 0.133. The van der Waals surface area contributed by atoms with E-state index in [9.17, 15) is 0 Å². The maximum atomic E-state index is 5.97. The quantitative estimate of drug-likeness (QED) is 0.700. The number of rotatable bonds is 6. The van der Waals surface area contributed by atoms with Gasteiger partial charge in [-0.1, -0.05) is 26.6 Å². The second-order valence-corrected chi connectivity index (χ2v) is 14.6. The van der Waals surface area contributed by atoms with E-state index in [2.05, 4.69) is 56.8 Å². The van der Waals surface area contributed by atoms with E-state index >= 15 is 0 Å². The molecule has 0 saturated carbocycles. The predicted molar refractivity (Wildman–Crippen MR) is 94.7 cm³/mol. The summed E-state index contributed by atoms with van der Waals surface area (Å²) in [5.41, 5.74) is 0.0644. The molecule has 0 radical (unpaired) electrons. The molecule has 0 aromatic rings. The van der Waals surface area contributed by atoms with Gasteiger partial charge in [0.2, 0.25) is 0 Å². The minimum Gasteiger partial charge on any atom is -0.419 e. The number of piperazine rings is 1. The van der Waals surface area contributed by atoms with Crippen LogP contribution < -0.4 is 0 Å². The molecular weight excluding hydrogens is 280 g/mol. The molecule has 0 aliphatic carbocycles. The zero-order chi connectivity index (χ0) is 15.4. The third kappa shape index (κ3) is 7.36. The Bertz CT molecular complexity index is 279. The van der Waals surface area contributed by atoms with Crippen molar-refractivity contribution >= 4 is 18.0 Å². The summed E-state index contributed by atoms with van der Waals surface area (Å²) in [7, 11) is -1.42. The van der Waals surface area contributed by atoms with Crippen LogP contribution in [0.2, 0.25) is 25.7 Å². The van der Waals surface area contributed by atoms with Crippen LogP contribution in [0, 0.1) is 5.92 Å². The van der Waals surface area contributed by atoms with Gasteiger partial charge in [-0.2, -0.15) is 0 Å². The third-order valence-electron chi connectivity index (χ3n) is 4.04. The van der Waals surface area contributed by atoms with Crippen LogP contribution >= 0.6 is 0 Å². The van der Waals surface area contributed by atoms with E-state index in [1.54, 1.807) is 0 Å². The average molecular weight is 317 g/mol. The average Bonchev–Trinajstić information content (AvgIpc) is 2.26. The number of hydrogen-bond acceptors (Lipinski definition) is 3. The fourth-order valence-electron chi connectivity index (χ4n) is 2.70. The van der Waals surface area contributed by atoms with Gasteiger partial charge in [0.25, 0.3) is 0 Å². The second-order valence-electron chi connectivity index (χ2n) is 8.31. The fraction of sp³-hybridized carbons (Fsp3) is 1.00. The first kappa shape index (κ1) is 18.4. The highest BCUT2D eigenvalue weighted by atomic mass is 28.3. The Kier molecular flexibility index (Phi) is 6.92. The Morgan fingerprint density at radius 1 is 1.10 bits per heavy atom. The van der Waals surface area contributed by atoms with E-state index in [1.807, 2.05) is 0 Å². The topological polar surface area (TPSA) is 15.7 Å². The van der Waals surface area contributed by atoms with Crippen LogP contribution in [0.3, 0.4) is 0 Å². The first-order valence-electron chi connectivity index (χ1n) is 8.19. The van der Waals surface area contributed by atoms with Crippen molar-refractivity contribution in [2.24, 2.45) is 5.92 Å². The molecule has 1 rings (SSSR count). The Morgan fingerprint density at radius 2 is 1.65 bits per heavy atom. The molecule has 1 aliphatic heterocycles. The van der Waals surface area contributed by atoms with Crippen LogP contribution in [-0.4, -0.2) is 65.8 Å². The zero-order valence-electron chi connectivity index (χ0n) is 14.8. The van der Waals surface area contributed by atoms with Gasteiger partial charge in [-0.25, -0.2) is 0 Å². The first-order valence-corrected chi connectivity index (χ1v) is 13.2. The van der Waals surface area contributed by atoms with E-state index in [0.717, 1.165) is 5.92 Å². The summed E-state index contributed by atoms with van der Waals surface area (Å²) in [6.45, 7) is 22.6. The van der Waals surface area contributed by atoms with Crippen molar-refractivity contribution < 1.29 is 4.43 Å². The van der Waals surface area contributed by atoms with E-state index < -0.39 is 8.24 Å². The normalized spacial score (nSPS) is 21.8. The van der Waals surface area contributed by atoms with Crippen LogP contribution in [0.5, 0.6) is 0 Å². The molecule has 1 fully saturated rings. The molecule has 0 amide bonds. The Balaban J connectivity index is 2.20. The lowest BCUT2D eigenvalue weighted by Crippen LogP contribution is -2.56. The molecule has 20 heavy (non-hydrogen) atoms. The van der Waals surface area contributed by atoms with Crippen molar-refractivity contribution in [1.82, 2.24) is 9.47 Å². The van der Waals surface area contributed by atoms with Crippen molar-refractivity contribution in [2.75, 3.05) is 32.7 Å². The molecule has 1 saturated heterocycles. The Hall–Kier alpha value is 0.314. The van der Waals surface area contributed by atoms with Gasteiger partial charge in [0.15, 0.2) is 9.76 Å². The van der Waals surface area contributed by atoms with Gasteiger partial charge in [0.1, 0.15) is 8.24 Å². The summed E-state index contributed by atoms with van der Waals surface area (Å²) in [4.78, 5) is 2.66. The standard InChI is InChI=1S/C15H36N2OSi2/c1-14(13-19-18-15(2,3)4)12-16-8-10-17(11-9-16)20(5,6)7/h14H,8-13,19H2,1-7H3. The largest absolute Gasteiger partial charge is 0.419 e. The second kappa shape index (κ2) is 7.54. The van der Waals surface area contributed by atoms with Crippen LogP contribution in [-0.2, 0) is 4.43 Å². The van der Waals surface area contributed by atoms with Gasteiger partial charge >= 0.3 is 0 Å². The molecule has 5 heteroatoms. The minimum atomic E-state index is -1.07. The van der Waals surface area contributed by atoms with Gasteiger partial charge in [-0.3, -0.25) is 0 Å². The summed E-state index contributed by atoms with van der Waals surface area (Å²) >= 11 is 0. The number of nitrogens with zero attached hydrogens (tertiary/aromatic N) is 2. The third-order valence-corrected chi connectivity index (χ3v) is 8.67. The lowest BCUT2D eigenvalue weighted by Gasteiger charge is -2.42. The smallest absolute Gasteiger partial charge is 0.162 e. The van der Waals surface area contributed by atoms with Gasteiger partial charge in [-0.15, -0.1) is 0 Å². The van der Waals surface area contributed by atoms with Crippen molar-refractivity contribution in [1.29, 1.82) is 0 Å². The molecule has 0 N–H and O–H groups in total. The molecule has 0 aromatic heterocycles. The van der Waals surface area contributed by atoms with Crippen molar-refractivity contribution in [3.05, 3.63) is 0 Å². The molecule has 1 atom stereocenters. The summed E-state index contributed by atoms with van der Waals surface area (Å²) in [5, 5.41) is 0. The molecule has 120 valence electrons. The van der Waals surface area contributed by atoms with Crippen LogP contribution in [0.15, 0.2) is 0 Å². The minimum absolute atomic E-state index is 0.0644. The molecular formula is C15H36N2OSi2. The van der Waals surface area contributed by atoms with E-state index in [4.69, 9.17) is 4.43 Å². The lowest BCUT2D eigenvalue weighted by atomic mass is 10.2. The molecule has 1 aliphatic rings. The molecule has 1 heterocycles. The zero-order valence-corrected chi connectivity index (χ0v) is 17.2. The summed E-state index contributed by atoms with van der Waals surface area (Å²) in [5.74, 6) is 0.794. The SMILES string of the molecule is CC(C[SiH2]OC(C)(C)C)CN1CCN([Si](C)(C)C)CC1. The highest BCUT2D eigenvalue weighted by Gasteiger charge is 2.27. The van der Waals surface area contributed by atoms with Crippen LogP contribution in [0.4, 0.5) is 0 Å². The van der Waals surface area contributed by atoms with Crippen LogP contribution in [0.1, 0.15) is 27.7 Å². The monoisotopic (exact) mass is 316 g/mol. The molecule has 3 nitrogen and oxygen atoms in total. The Morgan fingerprint density at radius 3 is 2.10 bits per heavy atom. The fourth-order valence-corrected chi connectivity index (χ4v) is 5.56. The maximum Gasteiger partial charge on any atom is 0.162 e. The summed E-state index contributed by atoms with van der Waals surface area (Å²) in [6, 6.07) is 1.31. The number of hydrogen-bond donors (Lipinski definition) is 0. The highest BCUT2D eigenvalue weighted by Crippen LogP contribution is 2.15. The van der Waals surface area contributed by atoms with Crippen molar-refractivity contribution in [2.45, 2.75) is 59.0 Å². The van der Waals surface area contributed by atoms with Gasteiger partial charge < -0.3 is 13.9 Å². The van der Waals surface area contributed by atoms with Gasteiger partial charge in [0, 0.05) is 38.3 Å². The Labute approximate surface area is 130 Å². The maximum absolute atomic E-state index is 5.97. The van der Waals surface area contributed by atoms with Crippen molar-refractivity contribution in [3.63, 3.8) is 0 Å². The summed E-state index contributed by atoms with van der Waals surface area (Å²) < 4.78 is 8.71. The van der Waals surface area contributed by atoms with E-state index in [1.165, 1.54) is 38.8 Å². The summed E-state index contributed by atoms with van der Waals surface area (Å²) in [6.07, 6.45) is 0. The van der Waals surface area contributed by atoms with E-state index in [0.29, 0.717) is 0 Å². The van der Waals surface area contributed by atoms with Gasteiger partial charge in [0.05, 0.1) is 0 Å². The van der Waals surface area contributed by atoms with Gasteiger partial charge in [-0.05, 0) is 32.7 Å². The first-order chi connectivity index (χ1) is 9.08. The molecule has 0 aromatic carbocycles. The predicted octanol–water partition coefficient (Wildman–Crippen LogP) is 2.39. The molecule has 0 spiro atoms. The van der Waals surface area contributed by atoms with Crippen molar-refractivity contribution in [3.8, 4) is 0 Å². The van der Waals surface area contributed by atoms with Crippen LogP contribution in [0.25, 0.3) is 0 Å². The molecule has 1 unspecified atom stereocenters. The van der Waals surface area contributed by atoms with E-state index in [-0.39, 0.29) is 15.4 Å². The highest BCUT2D eigenvalue weighted by molar-refractivity contribution is 6.73.